The van der Waals surface area contributed by atoms with E-state index in [4.69, 9.17) is 0 Å². The van der Waals surface area contributed by atoms with Crippen LogP contribution in [0.15, 0.2) is 42.5 Å². The topological polar surface area (TPSA) is 29.1 Å². The smallest absolute Gasteiger partial charge is 0.326 e. The lowest BCUT2D eigenvalue weighted by molar-refractivity contribution is -0.137. The van der Waals surface area contributed by atoms with Gasteiger partial charge >= 0.3 is 6.18 Å². The predicted molar refractivity (Wildman–Crippen MR) is 79.7 cm³/mol. The van der Waals surface area contributed by atoms with Gasteiger partial charge in [-0.2, -0.15) is 13.2 Å². The molecule has 0 bridgehead atoms. The van der Waals surface area contributed by atoms with Gasteiger partial charge in [-0.1, -0.05) is 24.3 Å². The van der Waals surface area contributed by atoms with Gasteiger partial charge in [-0.25, -0.2) is 0 Å². The summed E-state index contributed by atoms with van der Waals surface area (Å²) in [7, 11) is 0. The zero-order chi connectivity index (χ0) is 16.3. The van der Waals surface area contributed by atoms with Gasteiger partial charge in [-0.05, 0) is 48.7 Å². The van der Waals surface area contributed by atoms with E-state index in [-0.39, 0.29) is 12.3 Å². The lowest BCUT2D eigenvalue weighted by Gasteiger charge is -2.10. The van der Waals surface area contributed by atoms with Crippen LogP contribution in [0.2, 0.25) is 0 Å². The fraction of sp³-hybridized carbons (Fsp3) is 0.235. The molecule has 0 heterocycles. The highest BCUT2D eigenvalue weighted by molar-refractivity contribution is 5.93. The van der Waals surface area contributed by atoms with Crippen molar-refractivity contribution in [2.45, 2.75) is 26.4 Å². The van der Waals surface area contributed by atoms with Crippen LogP contribution in [-0.2, 0) is 17.4 Å². The molecule has 1 N–H and O–H groups in total. The first-order valence-electron chi connectivity index (χ1n) is 6.79. The highest BCUT2D eigenvalue weighted by Gasteiger charge is 2.29. The molecule has 0 aromatic heterocycles. The number of carbonyl (C=O) groups is 1. The number of halogens is 3. The molecular formula is C17H16F3NO. The van der Waals surface area contributed by atoms with Crippen LogP contribution in [0.25, 0.3) is 0 Å². The predicted octanol–water partition coefficient (Wildman–Crippen LogP) is 4.50. The molecule has 0 aliphatic heterocycles. The molecule has 0 spiro atoms. The van der Waals surface area contributed by atoms with E-state index in [2.05, 4.69) is 5.32 Å². The summed E-state index contributed by atoms with van der Waals surface area (Å²) in [4.78, 5) is 12.0. The number of benzene rings is 2. The number of nitrogens with one attached hydrogen (secondary N) is 1. The maximum atomic E-state index is 12.5. The van der Waals surface area contributed by atoms with E-state index < -0.39 is 11.7 Å². The van der Waals surface area contributed by atoms with Crippen molar-refractivity contribution in [1.82, 2.24) is 0 Å². The molecule has 2 aromatic carbocycles. The molecule has 22 heavy (non-hydrogen) atoms. The van der Waals surface area contributed by atoms with Crippen LogP contribution in [0.1, 0.15) is 22.3 Å². The molecule has 0 unspecified atom stereocenters. The lowest BCUT2D eigenvalue weighted by atomic mass is 10.1. The Labute approximate surface area is 127 Å². The van der Waals surface area contributed by atoms with Gasteiger partial charge in [0, 0.05) is 5.69 Å². The van der Waals surface area contributed by atoms with Crippen molar-refractivity contribution < 1.29 is 18.0 Å². The van der Waals surface area contributed by atoms with Gasteiger partial charge < -0.3 is 5.32 Å². The molecule has 0 saturated carbocycles. The molecule has 0 radical (unpaired) electrons. The lowest BCUT2D eigenvalue weighted by Crippen LogP contribution is -2.15. The highest BCUT2D eigenvalue weighted by atomic mass is 19.4. The van der Waals surface area contributed by atoms with Gasteiger partial charge in [0.1, 0.15) is 0 Å². The third kappa shape index (κ3) is 4.10. The summed E-state index contributed by atoms with van der Waals surface area (Å²) in [5, 5.41) is 2.78. The van der Waals surface area contributed by atoms with Crippen LogP contribution in [0.5, 0.6) is 0 Å². The second-order valence-electron chi connectivity index (χ2n) is 5.24. The average molecular weight is 307 g/mol. The van der Waals surface area contributed by atoms with Crippen molar-refractivity contribution in [3.63, 3.8) is 0 Å². The van der Waals surface area contributed by atoms with Crippen molar-refractivity contribution in [3.05, 3.63) is 64.7 Å². The van der Waals surface area contributed by atoms with Gasteiger partial charge in [0.2, 0.25) is 5.91 Å². The zero-order valence-electron chi connectivity index (χ0n) is 12.3. The van der Waals surface area contributed by atoms with E-state index in [1.54, 1.807) is 0 Å². The quantitative estimate of drug-likeness (QED) is 0.888. The summed E-state index contributed by atoms with van der Waals surface area (Å²) in [6.45, 7) is 3.80. The molecular weight excluding hydrogens is 291 g/mol. The molecule has 5 heteroatoms. The molecule has 116 valence electrons. The molecule has 2 aromatic rings. The standard InChI is InChI=1S/C17H16F3NO/c1-11-3-4-12(2)15(9-11)21-16(22)10-13-5-7-14(8-6-13)17(18,19)20/h3-9H,10H2,1-2H3,(H,21,22). The van der Waals surface area contributed by atoms with Gasteiger partial charge in [-0.3, -0.25) is 4.79 Å². The molecule has 2 nitrogen and oxygen atoms in total. The summed E-state index contributed by atoms with van der Waals surface area (Å²) < 4.78 is 37.4. The SMILES string of the molecule is Cc1ccc(C)c(NC(=O)Cc2ccc(C(F)(F)F)cc2)c1. The van der Waals surface area contributed by atoms with E-state index in [9.17, 15) is 18.0 Å². The van der Waals surface area contributed by atoms with Crippen molar-refractivity contribution in [1.29, 1.82) is 0 Å². The number of hydrogen-bond acceptors (Lipinski definition) is 1. The second-order valence-corrected chi connectivity index (χ2v) is 5.24. The van der Waals surface area contributed by atoms with E-state index in [1.165, 1.54) is 12.1 Å². The van der Waals surface area contributed by atoms with Crippen LogP contribution in [0.4, 0.5) is 18.9 Å². The minimum Gasteiger partial charge on any atom is -0.326 e. The maximum absolute atomic E-state index is 12.5. The van der Waals surface area contributed by atoms with E-state index in [0.29, 0.717) is 5.56 Å². The molecule has 0 saturated heterocycles. The normalized spacial score (nSPS) is 11.3. The molecule has 1 amide bonds. The Morgan fingerprint density at radius 2 is 1.68 bits per heavy atom. The van der Waals surface area contributed by atoms with Crippen molar-refractivity contribution in [2.24, 2.45) is 0 Å². The molecule has 0 atom stereocenters. The Bertz CT molecular complexity index is 675. The number of hydrogen-bond donors (Lipinski definition) is 1. The first-order chi connectivity index (χ1) is 10.3. The van der Waals surface area contributed by atoms with Crippen LogP contribution in [0, 0.1) is 13.8 Å². The first kappa shape index (κ1) is 16.1. The summed E-state index contributed by atoms with van der Waals surface area (Å²) in [6.07, 6.45) is -4.33. The number of alkyl halides is 3. The Hall–Kier alpha value is -2.30. The van der Waals surface area contributed by atoms with Crippen LogP contribution in [0.3, 0.4) is 0 Å². The van der Waals surface area contributed by atoms with Gasteiger partial charge in [-0.15, -0.1) is 0 Å². The second kappa shape index (κ2) is 6.22. The minimum absolute atomic E-state index is 0.0333. The monoisotopic (exact) mass is 307 g/mol. The van der Waals surface area contributed by atoms with E-state index in [0.717, 1.165) is 28.9 Å². The number of rotatable bonds is 3. The molecule has 0 aliphatic rings. The van der Waals surface area contributed by atoms with Gasteiger partial charge in [0.05, 0.1) is 12.0 Å². The molecule has 0 aliphatic carbocycles. The largest absolute Gasteiger partial charge is 0.416 e. The first-order valence-corrected chi connectivity index (χ1v) is 6.79. The molecule has 0 fully saturated rings. The third-order valence-corrected chi connectivity index (χ3v) is 3.31. The third-order valence-electron chi connectivity index (χ3n) is 3.31. The Balaban J connectivity index is 2.04. The number of carbonyl (C=O) groups excluding carboxylic acids is 1. The highest BCUT2D eigenvalue weighted by Crippen LogP contribution is 2.29. The Morgan fingerprint density at radius 1 is 1.05 bits per heavy atom. The molecule has 2 rings (SSSR count). The summed E-state index contributed by atoms with van der Waals surface area (Å²) in [6, 6.07) is 10.3. The Kier molecular flexibility index (Phi) is 4.54. The van der Waals surface area contributed by atoms with Crippen molar-refractivity contribution in [3.8, 4) is 0 Å². The maximum Gasteiger partial charge on any atom is 0.416 e. The average Bonchev–Trinajstić information content (AvgIpc) is 2.42. The van der Waals surface area contributed by atoms with Crippen LogP contribution >= 0.6 is 0 Å². The summed E-state index contributed by atoms with van der Waals surface area (Å²) in [5.41, 5.74) is 2.50. The van der Waals surface area contributed by atoms with Gasteiger partial charge in [0.15, 0.2) is 0 Å². The fourth-order valence-electron chi connectivity index (χ4n) is 2.06. The van der Waals surface area contributed by atoms with Gasteiger partial charge in [0.25, 0.3) is 0 Å². The number of amides is 1. The van der Waals surface area contributed by atoms with Crippen LogP contribution < -0.4 is 5.32 Å². The van der Waals surface area contributed by atoms with Crippen molar-refractivity contribution >= 4 is 11.6 Å². The fourth-order valence-corrected chi connectivity index (χ4v) is 2.06. The zero-order valence-corrected chi connectivity index (χ0v) is 12.3. The van der Waals surface area contributed by atoms with E-state index in [1.807, 2.05) is 32.0 Å². The summed E-state index contributed by atoms with van der Waals surface area (Å²) >= 11 is 0. The van der Waals surface area contributed by atoms with E-state index >= 15 is 0 Å². The summed E-state index contributed by atoms with van der Waals surface area (Å²) in [5.74, 6) is -0.256. The Morgan fingerprint density at radius 3 is 2.27 bits per heavy atom. The number of aryl methyl sites for hydroxylation is 2. The van der Waals surface area contributed by atoms with Crippen LogP contribution in [-0.4, -0.2) is 5.91 Å². The number of anilines is 1. The minimum atomic E-state index is -4.36. The van der Waals surface area contributed by atoms with Crippen molar-refractivity contribution in [2.75, 3.05) is 5.32 Å².